The number of hydrogen-bond acceptors (Lipinski definition) is 6. The van der Waals surface area contributed by atoms with Crippen molar-refractivity contribution >= 4 is 17.3 Å². The van der Waals surface area contributed by atoms with Gasteiger partial charge in [-0.1, -0.05) is 26.2 Å². The van der Waals surface area contributed by atoms with Crippen molar-refractivity contribution in [2.45, 2.75) is 45.6 Å². The third-order valence-corrected chi connectivity index (χ3v) is 2.87. The van der Waals surface area contributed by atoms with Crippen LogP contribution >= 0.6 is 0 Å². The molecule has 0 saturated carbocycles. The van der Waals surface area contributed by atoms with Crippen molar-refractivity contribution in [1.82, 2.24) is 9.97 Å². The van der Waals surface area contributed by atoms with E-state index in [0.29, 0.717) is 0 Å². The van der Waals surface area contributed by atoms with Gasteiger partial charge in [0.1, 0.15) is 6.33 Å². The van der Waals surface area contributed by atoms with Gasteiger partial charge in [-0.3, -0.25) is 10.1 Å². The zero-order valence-electron chi connectivity index (χ0n) is 11.6. The van der Waals surface area contributed by atoms with Gasteiger partial charge in [0.15, 0.2) is 0 Å². The second-order valence-corrected chi connectivity index (χ2v) is 4.47. The van der Waals surface area contributed by atoms with Gasteiger partial charge in [0.2, 0.25) is 11.6 Å². The van der Waals surface area contributed by atoms with Crippen LogP contribution < -0.4 is 10.6 Å². The zero-order valence-corrected chi connectivity index (χ0v) is 11.6. The number of rotatable bonds is 8. The van der Waals surface area contributed by atoms with Crippen LogP contribution in [0.1, 0.15) is 39.5 Å². The minimum Gasteiger partial charge on any atom is -0.367 e. The van der Waals surface area contributed by atoms with Crippen LogP contribution in [0.3, 0.4) is 0 Å². The summed E-state index contributed by atoms with van der Waals surface area (Å²) in [6.07, 6.45) is 5.70. The molecule has 1 unspecified atom stereocenters. The molecule has 0 amide bonds. The number of unbranched alkanes of at least 4 members (excludes halogenated alkanes) is 2. The normalized spacial score (nSPS) is 11.9. The summed E-state index contributed by atoms with van der Waals surface area (Å²) in [6.45, 7) is 4.15. The molecule has 0 aliphatic rings. The fourth-order valence-electron chi connectivity index (χ4n) is 1.85. The predicted octanol–water partition coefficient (Wildman–Crippen LogP) is 2.81. The molecule has 0 aliphatic carbocycles. The van der Waals surface area contributed by atoms with E-state index in [2.05, 4.69) is 27.5 Å². The van der Waals surface area contributed by atoms with Crippen molar-refractivity contribution in [2.75, 3.05) is 17.7 Å². The minimum atomic E-state index is -0.465. The van der Waals surface area contributed by atoms with E-state index in [1.54, 1.807) is 7.05 Å². The van der Waals surface area contributed by atoms with Gasteiger partial charge in [-0.2, -0.15) is 0 Å². The van der Waals surface area contributed by atoms with Crippen molar-refractivity contribution in [1.29, 1.82) is 0 Å². The predicted molar refractivity (Wildman–Crippen MR) is 75.5 cm³/mol. The molecule has 2 N–H and O–H groups in total. The average molecular weight is 267 g/mol. The van der Waals surface area contributed by atoms with Gasteiger partial charge >= 0.3 is 5.69 Å². The zero-order chi connectivity index (χ0) is 14.3. The highest BCUT2D eigenvalue weighted by Crippen LogP contribution is 2.29. The van der Waals surface area contributed by atoms with Crippen LogP contribution in [0.15, 0.2) is 6.33 Å². The molecular weight excluding hydrogens is 246 g/mol. The van der Waals surface area contributed by atoms with E-state index in [-0.39, 0.29) is 23.4 Å². The molecule has 0 spiro atoms. The summed E-state index contributed by atoms with van der Waals surface area (Å²) in [5.74, 6) is 0.497. The lowest BCUT2D eigenvalue weighted by molar-refractivity contribution is -0.383. The Balaban J connectivity index is 2.79. The second kappa shape index (κ2) is 7.50. The molecule has 0 saturated heterocycles. The molecule has 1 aromatic heterocycles. The Morgan fingerprint density at radius 2 is 2.05 bits per heavy atom. The standard InChI is InChI=1S/C12H21N5O2/c1-4-5-6-7-9(2)16-12-10(17(18)19)11(13-3)14-8-15-12/h8-9H,4-7H2,1-3H3,(H2,13,14,15,16). The summed E-state index contributed by atoms with van der Waals surface area (Å²) in [5, 5.41) is 16.9. The van der Waals surface area contributed by atoms with Gasteiger partial charge in [-0.25, -0.2) is 9.97 Å². The first-order chi connectivity index (χ1) is 9.10. The van der Waals surface area contributed by atoms with Crippen LogP contribution in [0, 0.1) is 10.1 Å². The summed E-state index contributed by atoms with van der Waals surface area (Å²) in [6, 6.07) is 0.143. The minimum absolute atomic E-state index is 0.104. The van der Waals surface area contributed by atoms with Crippen molar-refractivity contribution in [3.05, 3.63) is 16.4 Å². The summed E-state index contributed by atoms with van der Waals surface area (Å²) in [4.78, 5) is 18.5. The number of nitrogens with zero attached hydrogens (tertiary/aromatic N) is 3. The van der Waals surface area contributed by atoms with Crippen LogP contribution in [-0.4, -0.2) is 28.0 Å². The van der Waals surface area contributed by atoms with Crippen molar-refractivity contribution in [2.24, 2.45) is 0 Å². The molecule has 7 nitrogen and oxygen atoms in total. The van der Waals surface area contributed by atoms with Crippen molar-refractivity contribution in [3.63, 3.8) is 0 Å². The van der Waals surface area contributed by atoms with E-state index in [1.165, 1.54) is 12.7 Å². The molecule has 0 bridgehead atoms. The lowest BCUT2D eigenvalue weighted by Crippen LogP contribution is -2.17. The molecule has 106 valence electrons. The third kappa shape index (κ3) is 4.35. The molecule has 1 aromatic rings. The highest BCUT2D eigenvalue weighted by atomic mass is 16.6. The molecule has 0 aromatic carbocycles. The van der Waals surface area contributed by atoms with E-state index < -0.39 is 4.92 Å². The Kier molecular flexibility index (Phi) is 5.98. The monoisotopic (exact) mass is 267 g/mol. The van der Waals surface area contributed by atoms with Gasteiger partial charge in [0.05, 0.1) is 4.92 Å². The third-order valence-electron chi connectivity index (χ3n) is 2.87. The van der Waals surface area contributed by atoms with Gasteiger partial charge in [0, 0.05) is 13.1 Å². The number of nitrogens with one attached hydrogen (secondary N) is 2. The SMILES string of the molecule is CCCCCC(C)Nc1ncnc(NC)c1[N+](=O)[O-]. The Hall–Kier alpha value is -1.92. The highest BCUT2D eigenvalue weighted by Gasteiger charge is 2.22. The molecule has 19 heavy (non-hydrogen) atoms. The van der Waals surface area contributed by atoms with Gasteiger partial charge in [0.25, 0.3) is 0 Å². The van der Waals surface area contributed by atoms with Crippen molar-refractivity contribution in [3.8, 4) is 0 Å². The van der Waals surface area contributed by atoms with E-state index >= 15 is 0 Å². The Morgan fingerprint density at radius 1 is 1.37 bits per heavy atom. The maximum absolute atomic E-state index is 11.1. The van der Waals surface area contributed by atoms with Crippen molar-refractivity contribution < 1.29 is 4.92 Å². The first-order valence-corrected chi connectivity index (χ1v) is 6.53. The fraction of sp³-hybridized carbons (Fsp3) is 0.667. The Bertz CT molecular complexity index is 425. The maximum Gasteiger partial charge on any atom is 0.353 e. The first kappa shape index (κ1) is 15.1. The van der Waals surface area contributed by atoms with E-state index in [9.17, 15) is 10.1 Å². The number of aromatic nitrogens is 2. The summed E-state index contributed by atoms with van der Waals surface area (Å²) in [5.41, 5.74) is -0.104. The van der Waals surface area contributed by atoms with E-state index in [1.807, 2.05) is 6.92 Å². The lowest BCUT2D eigenvalue weighted by atomic mass is 10.1. The number of nitro groups is 1. The van der Waals surface area contributed by atoms with Crippen LogP contribution in [0.25, 0.3) is 0 Å². The van der Waals surface area contributed by atoms with E-state index in [4.69, 9.17) is 0 Å². The van der Waals surface area contributed by atoms with Crippen LogP contribution in [0.2, 0.25) is 0 Å². The molecule has 1 atom stereocenters. The summed E-state index contributed by atoms with van der Waals surface area (Å²) in [7, 11) is 1.60. The average Bonchev–Trinajstić information content (AvgIpc) is 2.38. The number of anilines is 2. The quantitative estimate of drug-likeness (QED) is 0.427. The van der Waals surface area contributed by atoms with Crippen LogP contribution in [0.4, 0.5) is 17.3 Å². The lowest BCUT2D eigenvalue weighted by Gasteiger charge is -2.14. The second-order valence-electron chi connectivity index (χ2n) is 4.47. The van der Waals surface area contributed by atoms with Gasteiger partial charge in [-0.15, -0.1) is 0 Å². The Morgan fingerprint density at radius 3 is 2.63 bits per heavy atom. The molecule has 1 heterocycles. The van der Waals surface area contributed by atoms with Crippen LogP contribution in [-0.2, 0) is 0 Å². The molecular formula is C12H21N5O2. The maximum atomic E-state index is 11.1. The van der Waals surface area contributed by atoms with Gasteiger partial charge < -0.3 is 10.6 Å². The Labute approximate surface area is 113 Å². The molecule has 7 heteroatoms. The van der Waals surface area contributed by atoms with E-state index in [0.717, 1.165) is 19.3 Å². The first-order valence-electron chi connectivity index (χ1n) is 6.53. The largest absolute Gasteiger partial charge is 0.367 e. The topological polar surface area (TPSA) is 93.0 Å². The highest BCUT2D eigenvalue weighted by molar-refractivity contribution is 5.69. The molecule has 0 aliphatic heterocycles. The van der Waals surface area contributed by atoms with Crippen LogP contribution in [0.5, 0.6) is 0 Å². The summed E-state index contributed by atoms with van der Waals surface area (Å²) >= 11 is 0. The summed E-state index contributed by atoms with van der Waals surface area (Å²) < 4.78 is 0. The van der Waals surface area contributed by atoms with Gasteiger partial charge in [-0.05, 0) is 13.3 Å². The number of hydrogen-bond donors (Lipinski definition) is 2. The molecule has 1 rings (SSSR count). The smallest absolute Gasteiger partial charge is 0.353 e. The molecule has 0 radical (unpaired) electrons. The fourth-order valence-corrected chi connectivity index (χ4v) is 1.85. The molecule has 0 fully saturated rings.